The van der Waals surface area contributed by atoms with E-state index in [0.717, 1.165) is 70.0 Å². The van der Waals surface area contributed by atoms with Gasteiger partial charge in [-0.15, -0.1) is 0 Å². The molecule has 0 bridgehead atoms. The van der Waals surface area contributed by atoms with Gasteiger partial charge in [-0.25, -0.2) is 4.98 Å². The van der Waals surface area contributed by atoms with Crippen molar-refractivity contribution in [2.24, 2.45) is 5.41 Å². The molecule has 142 valence electrons. The summed E-state index contributed by atoms with van der Waals surface area (Å²) in [7, 11) is 1.93. The molecule has 1 unspecified atom stereocenters. The monoisotopic (exact) mass is 359 g/mol. The second-order valence-electron chi connectivity index (χ2n) is 8.19. The minimum absolute atomic E-state index is 0.261. The van der Waals surface area contributed by atoms with E-state index in [-0.39, 0.29) is 17.4 Å². The standard InChI is InChI=1S/C19H29N5O2/c1-22-14-19(6-4-17(22)26)7-11-23(12-8-19)18-20-9-5-16(21-18)24-10-2-3-15(25)13-24/h5,9,15,25H,2-4,6-8,10-14H2,1H3. The van der Waals surface area contributed by atoms with Crippen LogP contribution in [0.15, 0.2) is 12.3 Å². The zero-order chi connectivity index (χ0) is 18.1. The number of rotatable bonds is 2. The Hall–Kier alpha value is -1.89. The fourth-order valence-electron chi connectivity index (χ4n) is 4.65. The molecule has 3 fully saturated rings. The van der Waals surface area contributed by atoms with Crippen LogP contribution in [-0.4, -0.2) is 71.8 Å². The van der Waals surface area contributed by atoms with Crippen LogP contribution in [0.5, 0.6) is 0 Å². The Morgan fingerprint density at radius 1 is 1.19 bits per heavy atom. The average molecular weight is 359 g/mol. The van der Waals surface area contributed by atoms with Gasteiger partial charge in [0.15, 0.2) is 0 Å². The number of nitrogens with zero attached hydrogens (tertiary/aromatic N) is 5. The van der Waals surface area contributed by atoms with Crippen LogP contribution in [0.1, 0.15) is 38.5 Å². The first-order chi connectivity index (χ1) is 12.5. The topological polar surface area (TPSA) is 72.8 Å². The first kappa shape index (κ1) is 17.5. The van der Waals surface area contributed by atoms with Crippen molar-refractivity contribution in [1.82, 2.24) is 14.9 Å². The summed E-state index contributed by atoms with van der Waals surface area (Å²) in [5, 5.41) is 9.92. The Bertz CT molecular complexity index is 659. The fraction of sp³-hybridized carbons (Fsp3) is 0.737. The molecular formula is C19H29N5O2. The highest BCUT2D eigenvalue weighted by atomic mass is 16.3. The summed E-state index contributed by atoms with van der Waals surface area (Å²) in [6.07, 6.45) is 7.30. The van der Waals surface area contributed by atoms with Crippen molar-refractivity contribution in [3.8, 4) is 0 Å². The van der Waals surface area contributed by atoms with Crippen molar-refractivity contribution in [3.63, 3.8) is 0 Å². The van der Waals surface area contributed by atoms with E-state index in [1.54, 1.807) is 0 Å². The van der Waals surface area contributed by atoms with Crippen molar-refractivity contribution >= 4 is 17.7 Å². The van der Waals surface area contributed by atoms with Gasteiger partial charge in [0.2, 0.25) is 11.9 Å². The lowest BCUT2D eigenvalue weighted by molar-refractivity contribution is -0.136. The highest BCUT2D eigenvalue weighted by Crippen LogP contribution is 2.40. The summed E-state index contributed by atoms with van der Waals surface area (Å²) in [5.74, 6) is 1.98. The molecule has 7 nitrogen and oxygen atoms in total. The molecule has 3 aliphatic rings. The molecule has 0 radical (unpaired) electrons. The van der Waals surface area contributed by atoms with E-state index in [4.69, 9.17) is 4.98 Å². The number of piperidine rings is 3. The van der Waals surface area contributed by atoms with Crippen molar-refractivity contribution in [2.45, 2.75) is 44.6 Å². The van der Waals surface area contributed by atoms with Crippen LogP contribution in [0.2, 0.25) is 0 Å². The Kier molecular flexibility index (Phi) is 4.73. The highest BCUT2D eigenvalue weighted by molar-refractivity contribution is 5.76. The van der Waals surface area contributed by atoms with Crippen LogP contribution in [0.3, 0.4) is 0 Å². The molecule has 1 spiro atoms. The zero-order valence-corrected chi connectivity index (χ0v) is 15.6. The number of β-amino-alcohol motifs (C(OH)–C–C–N with tert-alkyl or cyclic N) is 1. The van der Waals surface area contributed by atoms with Gasteiger partial charge in [0.05, 0.1) is 6.10 Å². The Morgan fingerprint density at radius 3 is 2.73 bits per heavy atom. The third-order valence-electron chi connectivity index (χ3n) is 6.32. The van der Waals surface area contributed by atoms with E-state index in [2.05, 4.69) is 14.8 Å². The summed E-state index contributed by atoms with van der Waals surface area (Å²) in [6, 6.07) is 1.94. The number of aromatic nitrogens is 2. The minimum Gasteiger partial charge on any atom is -0.391 e. The molecule has 1 atom stereocenters. The molecule has 3 saturated heterocycles. The number of carbonyl (C=O) groups excluding carboxylic acids is 1. The SMILES string of the molecule is CN1CC2(CCC1=O)CCN(c1nccc(N3CCCC(O)C3)n1)CC2. The van der Waals surface area contributed by atoms with Crippen LogP contribution in [0.25, 0.3) is 0 Å². The zero-order valence-electron chi connectivity index (χ0n) is 15.6. The smallest absolute Gasteiger partial charge is 0.227 e. The molecule has 1 amide bonds. The molecule has 26 heavy (non-hydrogen) atoms. The second-order valence-corrected chi connectivity index (χ2v) is 8.19. The fourth-order valence-corrected chi connectivity index (χ4v) is 4.65. The Morgan fingerprint density at radius 2 is 2.00 bits per heavy atom. The normalized spacial score (nSPS) is 26.5. The Labute approximate surface area is 155 Å². The number of carbonyl (C=O) groups is 1. The average Bonchev–Trinajstić information content (AvgIpc) is 2.66. The van der Waals surface area contributed by atoms with Gasteiger partial charge >= 0.3 is 0 Å². The van der Waals surface area contributed by atoms with Crippen molar-refractivity contribution in [2.75, 3.05) is 49.6 Å². The number of hydrogen-bond acceptors (Lipinski definition) is 6. The van der Waals surface area contributed by atoms with Crippen LogP contribution < -0.4 is 9.80 Å². The van der Waals surface area contributed by atoms with E-state index in [0.29, 0.717) is 13.0 Å². The van der Waals surface area contributed by atoms with E-state index in [1.165, 1.54) is 0 Å². The molecule has 3 aliphatic heterocycles. The van der Waals surface area contributed by atoms with Gasteiger partial charge in [0.25, 0.3) is 0 Å². The van der Waals surface area contributed by atoms with Crippen molar-refractivity contribution in [3.05, 3.63) is 12.3 Å². The maximum absolute atomic E-state index is 11.8. The van der Waals surface area contributed by atoms with E-state index < -0.39 is 0 Å². The molecule has 7 heteroatoms. The lowest BCUT2D eigenvalue weighted by Gasteiger charge is -2.46. The van der Waals surface area contributed by atoms with Crippen LogP contribution >= 0.6 is 0 Å². The summed E-state index contributed by atoms with van der Waals surface area (Å²) < 4.78 is 0. The molecule has 0 saturated carbocycles. The number of amides is 1. The number of aliphatic hydroxyl groups is 1. The molecule has 1 aromatic heterocycles. The minimum atomic E-state index is -0.261. The van der Waals surface area contributed by atoms with Gasteiger partial charge in [-0.1, -0.05) is 0 Å². The quantitative estimate of drug-likeness (QED) is 0.858. The van der Waals surface area contributed by atoms with Crippen molar-refractivity contribution < 1.29 is 9.90 Å². The highest BCUT2D eigenvalue weighted by Gasteiger charge is 2.40. The summed E-state index contributed by atoms with van der Waals surface area (Å²) >= 11 is 0. The summed E-state index contributed by atoms with van der Waals surface area (Å²) in [6.45, 7) is 4.35. The predicted molar refractivity (Wildman–Crippen MR) is 100 cm³/mol. The lowest BCUT2D eigenvalue weighted by atomic mass is 9.72. The molecule has 0 aliphatic carbocycles. The molecule has 4 heterocycles. The first-order valence-corrected chi connectivity index (χ1v) is 9.80. The molecular weight excluding hydrogens is 330 g/mol. The Balaban J connectivity index is 1.42. The van der Waals surface area contributed by atoms with Crippen LogP contribution in [0.4, 0.5) is 11.8 Å². The van der Waals surface area contributed by atoms with Crippen LogP contribution in [-0.2, 0) is 4.79 Å². The molecule has 1 N–H and O–H groups in total. The van der Waals surface area contributed by atoms with Crippen LogP contribution in [0, 0.1) is 5.41 Å². The second kappa shape index (κ2) is 7.02. The van der Waals surface area contributed by atoms with E-state index in [9.17, 15) is 9.90 Å². The maximum Gasteiger partial charge on any atom is 0.227 e. The number of anilines is 2. The molecule has 1 aromatic rings. The third kappa shape index (κ3) is 3.49. The number of likely N-dealkylation sites (tertiary alicyclic amines) is 1. The van der Waals surface area contributed by atoms with E-state index in [1.807, 2.05) is 24.2 Å². The number of aliphatic hydroxyl groups excluding tert-OH is 1. The maximum atomic E-state index is 11.8. The van der Waals surface area contributed by atoms with E-state index >= 15 is 0 Å². The van der Waals surface area contributed by atoms with Gasteiger partial charge < -0.3 is 19.8 Å². The number of hydrogen-bond donors (Lipinski definition) is 1. The molecule has 4 rings (SSSR count). The predicted octanol–water partition coefficient (Wildman–Crippen LogP) is 1.28. The van der Waals surface area contributed by atoms with Crippen molar-refractivity contribution in [1.29, 1.82) is 0 Å². The van der Waals surface area contributed by atoms with Gasteiger partial charge in [0, 0.05) is 52.4 Å². The molecule has 0 aromatic carbocycles. The largest absolute Gasteiger partial charge is 0.391 e. The lowest BCUT2D eigenvalue weighted by Crippen LogP contribution is -2.50. The summed E-state index contributed by atoms with van der Waals surface area (Å²) in [4.78, 5) is 27.4. The van der Waals surface area contributed by atoms with Gasteiger partial charge in [-0.2, -0.15) is 4.98 Å². The third-order valence-corrected chi connectivity index (χ3v) is 6.32. The van der Waals surface area contributed by atoms with Gasteiger partial charge in [-0.05, 0) is 43.6 Å². The van der Waals surface area contributed by atoms with Gasteiger partial charge in [-0.3, -0.25) is 4.79 Å². The first-order valence-electron chi connectivity index (χ1n) is 9.80. The van der Waals surface area contributed by atoms with Gasteiger partial charge in [0.1, 0.15) is 5.82 Å². The summed E-state index contributed by atoms with van der Waals surface area (Å²) in [5.41, 5.74) is 0.272.